The van der Waals surface area contributed by atoms with Gasteiger partial charge < -0.3 is 9.13 Å². The van der Waals surface area contributed by atoms with Crippen LogP contribution < -0.4 is 0 Å². The highest BCUT2D eigenvalue weighted by molar-refractivity contribution is 5.85. The molecule has 0 spiro atoms. The van der Waals surface area contributed by atoms with Crippen molar-refractivity contribution in [3.63, 3.8) is 0 Å². The molecule has 0 aliphatic carbocycles. The van der Waals surface area contributed by atoms with E-state index >= 15 is 0 Å². The summed E-state index contributed by atoms with van der Waals surface area (Å²) in [5.41, 5.74) is 2.54. The van der Waals surface area contributed by atoms with Gasteiger partial charge in [0.05, 0.1) is 18.6 Å². The van der Waals surface area contributed by atoms with Gasteiger partial charge in [-0.05, 0) is 28.5 Å². The van der Waals surface area contributed by atoms with Crippen molar-refractivity contribution in [2.45, 2.75) is 13.1 Å². The van der Waals surface area contributed by atoms with Gasteiger partial charge in [-0.2, -0.15) is 0 Å². The third kappa shape index (κ3) is 2.42. The second kappa shape index (κ2) is 5.53. The van der Waals surface area contributed by atoms with E-state index in [1.807, 2.05) is 24.7 Å². The number of imidazole rings is 1. The summed E-state index contributed by atoms with van der Waals surface area (Å²) in [4.78, 5) is 4.33. The van der Waals surface area contributed by atoms with Crippen LogP contribution in [0.3, 0.4) is 0 Å². The van der Waals surface area contributed by atoms with Crippen LogP contribution in [0.2, 0.25) is 0 Å². The summed E-state index contributed by atoms with van der Waals surface area (Å²) >= 11 is 0. The van der Waals surface area contributed by atoms with Crippen LogP contribution in [0, 0.1) is 0 Å². The molecular formula is C19H17N3. The molecule has 2 aromatic heterocycles. The third-order valence-electron chi connectivity index (χ3n) is 4.03. The van der Waals surface area contributed by atoms with E-state index in [4.69, 9.17) is 0 Å². The molecular weight excluding hydrogens is 270 g/mol. The first-order valence-corrected chi connectivity index (χ1v) is 7.46. The van der Waals surface area contributed by atoms with Gasteiger partial charge >= 0.3 is 0 Å². The second-order valence-corrected chi connectivity index (χ2v) is 5.51. The Hall–Kier alpha value is -2.81. The molecule has 0 N–H and O–H groups in total. The van der Waals surface area contributed by atoms with Gasteiger partial charge in [0.25, 0.3) is 0 Å². The van der Waals surface area contributed by atoms with E-state index in [2.05, 4.69) is 69.0 Å². The van der Waals surface area contributed by atoms with Crippen LogP contribution in [0.1, 0.15) is 11.3 Å². The van der Waals surface area contributed by atoms with Gasteiger partial charge in [0.15, 0.2) is 0 Å². The molecule has 3 heteroatoms. The second-order valence-electron chi connectivity index (χ2n) is 5.51. The first-order valence-electron chi connectivity index (χ1n) is 7.46. The van der Waals surface area contributed by atoms with Gasteiger partial charge in [0, 0.05) is 25.1 Å². The Bertz CT molecular complexity index is 883. The van der Waals surface area contributed by atoms with Crippen LogP contribution in [0.5, 0.6) is 0 Å². The molecule has 0 aliphatic heterocycles. The fraction of sp³-hybridized carbons (Fsp3) is 0.105. The van der Waals surface area contributed by atoms with Crippen molar-refractivity contribution >= 4 is 10.8 Å². The molecule has 0 bridgehead atoms. The molecule has 0 saturated heterocycles. The average Bonchev–Trinajstić information content (AvgIpc) is 3.21. The summed E-state index contributed by atoms with van der Waals surface area (Å²) in [6.07, 6.45) is 8.02. The van der Waals surface area contributed by atoms with E-state index < -0.39 is 0 Å². The molecule has 22 heavy (non-hydrogen) atoms. The Labute approximate surface area is 129 Å². The Morgan fingerprint density at radius 3 is 2.55 bits per heavy atom. The van der Waals surface area contributed by atoms with E-state index in [9.17, 15) is 0 Å². The highest BCUT2D eigenvalue weighted by Gasteiger charge is 2.06. The maximum absolute atomic E-state index is 4.33. The van der Waals surface area contributed by atoms with Crippen molar-refractivity contribution in [1.82, 2.24) is 14.1 Å². The molecule has 0 atom stereocenters. The van der Waals surface area contributed by atoms with Crippen LogP contribution in [-0.4, -0.2) is 14.1 Å². The highest BCUT2D eigenvalue weighted by atomic mass is 15.1. The van der Waals surface area contributed by atoms with Crippen molar-refractivity contribution < 1.29 is 0 Å². The molecule has 2 aromatic carbocycles. The van der Waals surface area contributed by atoms with Gasteiger partial charge in [0.2, 0.25) is 0 Å². The lowest BCUT2D eigenvalue weighted by Gasteiger charge is -2.11. The van der Waals surface area contributed by atoms with Gasteiger partial charge in [-0.3, -0.25) is 0 Å². The first kappa shape index (κ1) is 12.9. The summed E-state index contributed by atoms with van der Waals surface area (Å²) in [6.45, 7) is 1.69. The first-order chi connectivity index (χ1) is 10.9. The molecule has 3 nitrogen and oxygen atoms in total. The van der Waals surface area contributed by atoms with Crippen molar-refractivity contribution in [3.05, 3.63) is 90.8 Å². The maximum atomic E-state index is 4.33. The minimum Gasteiger partial charge on any atom is -0.348 e. The predicted octanol–water partition coefficient (Wildman–Crippen LogP) is 3.93. The quantitative estimate of drug-likeness (QED) is 0.557. The SMILES string of the molecule is c1ccc2c(Cn3cncc3Cn3cccc3)cccc2c1. The third-order valence-corrected chi connectivity index (χ3v) is 4.03. The number of hydrogen-bond donors (Lipinski definition) is 0. The number of fused-ring (bicyclic) bond motifs is 1. The van der Waals surface area contributed by atoms with Crippen LogP contribution in [0.4, 0.5) is 0 Å². The molecule has 0 saturated carbocycles. The zero-order valence-electron chi connectivity index (χ0n) is 12.3. The molecule has 0 amide bonds. The molecule has 2 heterocycles. The largest absolute Gasteiger partial charge is 0.348 e. The molecule has 4 rings (SSSR count). The number of rotatable bonds is 4. The zero-order valence-corrected chi connectivity index (χ0v) is 12.3. The summed E-state index contributed by atoms with van der Waals surface area (Å²) in [5.74, 6) is 0. The van der Waals surface area contributed by atoms with Crippen LogP contribution in [0.15, 0.2) is 79.5 Å². The maximum Gasteiger partial charge on any atom is 0.0951 e. The number of hydrogen-bond acceptors (Lipinski definition) is 1. The normalized spacial score (nSPS) is 11.1. The zero-order chi connectivity index (χ0) is 14.8. The minimum atomic E-state index is 0.845. The molecule has 0 radical (unpaired) electrons. The van der Waals surface area contributed by atoms with E-state index in [1.54, 1.807) is 0 Å². The van der Waals surface area contributed by atoms with E-state index in [0.29, 0.717) is 0 Å². The fourth-order valence-corrected chi connectivity index (χ4v) is 2.90. The predicted molar refractivity (Wildman–Crippen MR) is 88.8 cm³/mol. The average molecular weight is 287 g/mol. The van der Waals surface area contributed by atoms with Crippen LogP contribution >= 0.6 is 0 Å². The van der Waals surface area contributed by atoms with Crippen molar-refractivity contribution in [1.29, 1.82) is 0 Å². The van der Waals surface area contributed by atoms with Crippen molar-refractivity contribution in [3.8, 4) is 0 Å². The Morgan fingerprint density at radius 2 is 1.64 bits per heavy atom. The Balaban J connectivity index is 1.67. The lowest BCUT2D eigenvalue weighted by Crippen LogP contribution is -2.07. The van der Waals surface area contributed by atoms with Gasteiger partial charge in [-0.15, -0.1) is 0 Å². The van der Waals surface area contributed by atoms with Crippen LogP contribution in [-0.2, 0) is 13.1 Å². The monoisotopic (exact) mass is 287 g/mol. The molecule has 0 aliphatic rings. The topological polar surface area (TPSA) is 22.8 Å². The molecule has 0 fully saturated rings. The summed E-state index contributed by atoms with van der Waals surface area (Å²) < 4.78 is 4.39. The Morgan fingerprint density at radius 1 is 0.818 bits per heavy atom. The van der Waals surface area contributed by atoms with Gasteiger partial charge in [0.1, 0.15) is 0 Å². The van der Waals surface area contributed by atoms with Gasteiger partial charge in [-0.1, -0.05) is 42.5 Å². The molecule has 4 aromatic rings. The number of benzene rings is 2. The standard InChI is InChI=1S/C19H17N3/c1-2-9-19-16(6-1)7-5-8-17(19)13-22-15-20-12-18(22)14-21-10-3-4-11-21/h1-12,15H,13-14H2. The lowest BCUT2D eigenvalue weighted by atomic mass is 10.0. The molecule has 0 unspecified atom stereocenters. The minimum absolute atomic E-state index is 0.845. The van der Waals surface area contributed by atoms with Gasteiger partial charge in [-0.25, -0.2) is 4.98 Å². The lowest BCUT2D eigenvalue weighted by molar-refractivity contribution is 0.690. The number of nitrogens with zero attached hydrogens (tertiary/aromatic N) is 3. The summed E-state index contributed by atoms with van der Waals surface area (Å²) in [6, 6.07) is 19.1. The summed E-state index contributed by atoms with van der Waals surface area (Å²) in [5, 5.41) is 2.60. The van der Waals surface area contributed by atoms with E-state index in [-0.39, 0.29) is 0 Å². The number of aromatic nitrogens is 3. The van der Waals surface area contributed by atoms with Crippen LogP contribution in [0.25, 0.3) is 10.8 Å². The summed E-state index contributed by atoms with van der Waals surface area (Å²) in [7, 11) is 0. The van der Waals surface area contributed by atoms with Crippen molar-refractivity contribution in [2.24, 2.45) is 0 Å². The fourth-order valence-electron chi connectivity index (χ4n) is 2.90. The Kier molecular flexibility index (Phi) is 3.24. The highest BCUT2D eigenvalue weighted by Crippen LogP contribution is 2.20. The molecule has 108 valence electrons. The smallest absolute Gasteiger partial charge is 0.0951 e. The van der Waals surface area contributed by atoms with Crippen molar-refractivity contribution in [2.75, 3.05) is 0 Å². The van der Waals surface area contributed by atoms with E-state index in [1.165, 1.54) is 22.0 Å². The van der Waals surface area contributed by atoms with E-state index in [0.717, 1.165) is 13.1 Å².